The highest BCUT2D eigenvalue weighted by atomic mass is 19.3. The van der Waals surface area contributed by atoms with Crippen molar-refractivity contribution in [1.29, 1.82) is 0 Å². The van der Waals surface area contributed by atoms with Crippen molar-refractivity contribution in [2.75, 3.05) is 7.11 Å². The average molecular weight is 120 g/mol. The van der Waals surface area contributed by atoms with Crippen molar-refractivity contribution in [1.82, 2.24) is 0 Å². The van der Waals surface area contributed by atoms with Crippen LogP contribution < -0.4 is 0 Å². The van der Waals surface area contributed by atoms with E-state index in [1.54, 1.807) is 0 Å². The fourth-order valence-corrected chi connectivity index (χ4v) is 0.136. The van der Waals surface area contributed by atoms with Crippen LogP contribution in [0.4, 0.5) is 8.78 Å². The quantitative estimate of drug-likeness (QED) is 0.357. The maximum absolute atomic E-state index is 11.4. The van der Waals surface area contributed by atoms with E-state index < -0.39 is 11.8 Å². The molecule has 0 saturated heterocycles. The molecule has 8 heavy (non-hydrogen) atoms. The van der Waals surface area contributed by atoms with Crippen LogP contribution in [0.2, 0.25) is 0 Å². The zero-order valence-corrected chi connectivity index (χ0v) is 4.15. The van der Waals surface area contributed by atoms with Gasteiger partial charge in [0, 0.05) is 0 Å². The van der Waals surface area contributed by atoms with E-state index in [4.69, 9.17) is 0 Å². The molecular formula is C3H3BF2O2. The van der Waals surface area contributed by atoms with Gasteiger partial charge in [0.1, 0.15) is 0 Å². The Bertz CT molecular complexity index is 97.9. The fourth-order valence-electron chi connectivity index (χ4n) is 0.136. The summed E-state index contributed by atoms with van der Waals surface area (Å²) in [6.45, 7) is 0. The van der Waals surface area contributed by atoms with Crippen molar-refractivity contribution in [3.8, 4) is 0 Å². The first-order valence-corrected chi connectivity index (χ1v) is 1.73. The predicted octanol–water partition coefficient (Wildman–Crippen LogP) is -0.0793. The molecule has 0 aromatic rings. The molecule has 0 aliphatic rings. The lowest BCUT2D eigenvalue weighted by Gasteiger charge is -2.05. The van der Waals surface area contributed by atoms with Crippen molar-refractivity contribution in [3.05, 3.63) is 0 Å². The Morgan fingerprint density at radius 1 is 1.75 bits per heavy atom. The van der Waals surface area contributed by atoms with Crippen LogP contribution in [-0.2, 0) is 9.53 Å². The number of carbonyl (C=O) groups excluding carboxylic acids is 1. The molecule has 0 saturated carbocycles. The number of alkyl halides is 2. The Hall–Kier alpha value is -0.605. The standard InChI is InChI=1S/C3H3BF2O2/c1-8-2(7)3(4,5)6/h1H3. The summed E-state index contributed by atoms with van der Waals surface area (Å²) >= 11 is 0. The number of rotatable bonds is 1. The number of hydrogen-bond donors (Lipinski definition) is 0. The first kappa shape index (κ1) is 7.39. The van der Waals surface area contributed by atoms with E-state index in [2.05, 4.69) is 12.6 Å². The number of ether oxygens (including phenoxy) is 1. The van der Waals surface area contributed by atoms with E-state index in [9.17, 15) is 13.6 Å². The van der Waals surface area contributed by atoms with E-state index in [1.165, 1.54) is 0 Å². The van der Waals surface area contributed by atoms with Crippen LogP contribution in [0.3, 0.4) is 0 Å². The summed E-state index contributed by atoms with van der Waals surface area (Å²) in [6, 6.07) is 0. The van der Waals surface area contributed by atoms with Gasteiger partial charge in [0.2, 0.25) is 0 Å². The van der Waals surface area contributed by atoms with E-state index in [-0.39, 0.29) is 0 Å². The number of esters is 1. The first-order chi connectivity index (χ1) is 3.48. The molecule has 0 atom stereocenters. The lowest BCUT2D eigenvalue weighted by Crippen LogP contribution is -2.29. The minimum Gasteiger partial charge on any atom is -0.465 e. The third kappa shape index (κ3) is 1.91. The Balaban J connectivity index is 3.82. The van der Waals surface area contributed by atoms with Gasteiger partial charge in [-0.25, -0.2) is 13.6 Å². The Morgan fingerprint density at radius 3 is 2.12 bits per heavy atom. The Kier molecular flexibility index (Phi) is 1.95. The summed E-state index contributed by atoms with van der Waals surface area (Å²) in [4.78, 5) is 9.74. The molecule has 0 spiro atoms. The van der Waals surface area contributed by atoms with Crippen LogP contribution >= 0.6 is 0 Å². The smallest absolute Gasteiger partial charge is 0.365 e. The number of carbonyl (C=O) groups is 1. The number of methoxy groups -OCH3 is 1. The minimum atomic E-state index is -3.85. The Morgan fingerprint density at radius 2 is 2.12 bits per heavy atom. The van der Waals surface area contributed by atoms with E-state index >= 15 is 0 Å². The monoisotopic (exact) mass is 120 g/mol. The van der Waals surface area contributed by atoms with E-state index in [0.717, 1.165) is 7.11 Å². The van der Waals surface area contributed by atoms with Crippen LogP contribution in [0.15, 0.2) is 0 Å². The van der Waals surface area contributed by atoms with Gasteiger partial charge in [-0.3, -0.25) is 0 Å². The van der Waals surface area contributed by atoms with Crippen molar-refractivity contribution in [2.45, 2.75) is 5.82 Å². The van der Waals surface area contributed by atoms with Gasteiger partial charge in [0.05, 0.1) is 7.11 Å². The second-order valence-corrected chi connectivity index (χ2v) is 1.11. The molecule has 2 nitrogen and oxygen atoms in total. The molecule has 5 heteroatoms. The summed E-state index contributed by atoms with van der Waals surface area (Å²) < 4.78 is 26.4. The molecule has 0 N–H and O–H groups in total. The molecule has 0 aromatic heterocycles. The van der Waals surface area contributed by atoms with Crippen LogP contribution in [0.25, 0.3) is 0 Å². The summed E-state index contributed by atoms with van der Waals surface area (Å²) in [5, 5.41) is 0. The molecule has 0 amide bonds. The molecule has 0 rings (SSSR count). The number of hydrogen-bond acceptors (Lipinski definition) is 2. The molecule has 44 valence electrons. The first-order valence-electron chi connectivity index (χ1n) is 1.73. The van der Waals surface area contributed by atoms with E-state index in [0.29, 0.717) is 0 Å². The topological polar surface area (TPSA) is 26.3 Å². The zero-order chi connectivity index (χ0) is 6.78. The molecule has 0 fully saturated rings. The molecule has 0 heterocycles. The minimum absolute atomic E-state index is 0.836. The highest BCUT2D eigenvalue weighted by Gasteiger charge is 2.32. The largest absolute Gasteiger partial charge is 0.465 e. The lowest BCUT2D eigenvalue weighted by atomic mass is 10.00. The van der Waals surface area contributed by atoms with Crippen molar-refractivity contribution < 1.29 is 18.3 Å². The van der Waals surface area contributed by atoms with Gasteiger partial charge in [0.25, 0.3) is 5.82 Å². The Labute approximate surface area is 46.2 Å². The van der Waals surface area contributed by atoms with Gasteiger partial charge in [-0.05, 0) is 0 Å². The molecule has 0 aliphatic heterocycles. The normalized spacial score (nSPS) is 10.9. The number of halogens is 2. The van der Waals surface area contributed by atoms with Gasteiger partial charge in [-0.2, -0.15) is 0 Å². The highest BCUT2D eigenvalue weighted by molar-refractivity contribution is 6.24. The molecule has 0 bridgehead atoms. The molecule has 2 radical (unpaired) electrons. The third-order valence-electron chi connectivity index (χ3n) is 0.458. The zero-order valence-electron chi connectivity index (χ0n) is 4.15. The van der Waals surface area contributed by atoms with Gasteiger partial charge in [0.15, 0.2) is 7.85 Å². The maximum atomic E-state index is 11.4. The summed E-state index contributed by atoms with van der Waals surface area (Å²) in [6.07, 6.45) is 0. The third-order valence-corrected chi connectivity index (χ3v) is 0.458. The SMILES string of the molecule is [B]C(F)(F)C(=O)OC. The molecular weight excluding hydrogens is 117 g/mol. The van der Waals surface area contributed by atoms with Crippen LogP contribution in [-0.4, -0.2) is 26.7 Å². The van der Waals surface area contributed by atoms with E-state index in [1.807, 2.05) is 0 Å². The van der Waals surface area contributed by atoms with Gasteiger partial charge < -0.3 is 4.74 Å². The highest BCUT2D eigenvalue weighted by Crippen LogP contribution is 2.07. The molecule has 0 aliphatic carbocycles. The second kappa shape index (κ2) is 2.11. The molecule has 0 aromatic carbocycles. The summed E-state index contributed by atoms with van der Waals surface area (Å²) in [5.41, 5.74) is 0. The van der Waals surface area contributed by atoms with Crippen LogP contribution in [0.1, 0.15) is 0 Å². The summed E-state index contributed by atoms with van der Waals surface area (Å²) in [7, 11) is 4.82. The average Bonchev–Trinajstić information content (AvgIpc) is 1.62. The van der Waals surface area contributed by atoms with Gasteiger partial charge in [-0.1, -0.05) is 0 Å². The van der Waals surface area contributed by atoms with Crippen molar-refractivity contribution >= 4 is 13.8 Å². The second-order valence-electron chi connectivity index (χ2n) is 1.11. The van der Waals surface area contributed by atoms with Gasteiger partial charge >= 0.3 is 5.97 Å². The van der Waals surface area contributed by atoms with Gasteiger partial charge in [-0.15, -0.1) is 0 Å². The van der Waals surface area contributed by atoms with Crippen LogP contribution in [0, 0.1) is 0 Å². The van der Waals surface area contributed by atoms with Crippen LogP contribution in [0.5, 0.6) is 0 Å². The molecule has 0 unspecified atom stereocenters. The summed E-state index contributed by atoms with van der Waals surface area (Å²) in [5.74, 6) is -5.58. The van der Waals surface area contributed by atoms with Crippen molar-refractivity contribution in [3.63, 3.8) is 0 Å². The fraction of sp³-hybridized carbons (Fsp3) is 0.667. The maximum Gasteiger partial charge on any atom is 0.365 e. The van der Waals surface area contributed by atoms with Crippen molar-refractivity contribution in [2.24, 2.45) is 0 Å². The predicted molar refractivity (Wildman–Crippen MR) is 22.7 cm³/mol. The lowest BCUT2D eigenvalue weighted by molar-refractivity contribution is -0.157.